The zero-order valence-corrected chi connectivity index (χ0v) is 13.0. The summed E-state index contributed by atoms with van der Waals surface area (Å²) in [4.78, 5) is 0.212. The molecule has 3 rings (SSSR count). The van der Waals surface area contributed by atoms with E-state index in [-0.39, 0.29) is 4.90 Å². The van der Waals surface area contributed by atoms with Crippen molar-refractivity contribution in [1.82, 2.24) is 4.72 Å². The second-order valence-corrected chi connectivity index (χ2v) is 7.28. The molecule has 22 heavy (non-hydrogen) atoms. The van der Waals surface area contributed by atoms with Gasteiger partial charge in [-0.05, 0) is 42.5 Å². The maximum Gasteiger partial charge on any atom is 0.241 e. The first-order valence-corrected chi connectivity index (χ1v) is 8.89. The molecule has 2 aromatic rings. The second kappa shape index (κ2) is 6.20. The highest BCUT2D eigenvalue weighted by molar-refractivity contribution is 7.89. The highest BCUT2D eigenvalue weighted by Crippen LogP contribution is 2.30. The molecule has 5 heteroatoms. The Morgan fingerprint density at radius 2 is 1.68 bits per heavy atom. The molecule has 0 heterocycles. The lowest BCUT2D eigenvalue weighted by molar-refractivity contribution is 0.129. The Balaban J connectivity index is 1.97. The quantitative estimate of drug-likeness (QED) is 0.854. The smallest absolute Gasteiger partial charge is 0.241 e. The van der Waals surface area contributed by atoms with Crippen molar-refractivity contribution in [2.75, 3.05) is 0 Å². The van der Waals surface area contributed by atoms with Crippen LogP contribution >= 0.6 is 0 Å². The van der Waals surface area contributed by atoms with Gasteiger partial charge in [-0.3, -0.25) is 0 Å². The van der Waals surface area contributed by atoms with E-state index in [1.54, 1.807) is 30.3 Å². The minimum Gasteiger partial charge on any atom is -0.391 e. The molecule has 0 radical (unpaired) electrons. The molecular formula is C17H19NO3S. The first-order chi connectivity index (χ1) is 10.6. The lowest BCUT2D eigenvalue weighted by Crippen LogP contribution is -2.36. The third kappa shape index (κ3) is 3.06. The van der Waals surface area contributed by atoms with Gasteiger partial charge in [-0.15, -0.1) is 0 Å². The maximum atomic E-state index is 12.5. The van der Waals surface area contributed by atoms with Crippen LogP contribution in [0.25, 0.3) is 0 Å². The molecule has 0 amide bonds. The first-order valence-electron chi connectivity index (χ1n) is 7.41. The van der Waals surface area contributed by atoms with E-state index in [0.29, 0.717) is 6.42 Å². The Bertz CT molecular complexity index is 744. The fourth-order valence-corrected chi connectivity index (χ4v) is 4.19. The lowest BCUT2D eigenvalue weighted by atomic mass is 9.99. The molecule has 0 fully saturated rings. The van der Waals surface area contributed by atoms with Gasteiger partial charge in [-0.1, -0.05) is 42.5 Å². The van der Waals surface area contributed by atoms with E-state index < -0.39 is 22.2 Å². The third-order valence-electron chi connectivity index (χ3n) is 4.06. The van der Waals surface area contributed by atoms with Crippen molar-refractivity contribution in [3.63, 3.8) is 0 Å². The number of nitrogens with one attached hydrogen (secondary N) is 1. The largest absolute Gasteiger partial charge is 0.391 e. The zero-order valence-electron chi connectivity index (χ0n) is 12.1. The summed E-state index contributed by atoms with van der Waals surface area (Å²) in [7, 11) is -3.66. The number of benzene rings is 2. The normalized spacial score (nSPS) is 21.9. The van der Waals surface area contributed by atoms with E-state index >= 15 is 0 Å². The highest BCUT2D eigenvalue weighted by Gasteiger charge is 2.30. The summed E-state index contributed by atoms with van der Waals surface area (Å²) in [6.07, 6.45) is 1.57. The van der Waals surface area contributed by atoms with Crippen molar-refractivity contribution in [2.45, 2.75) is 36.3 Å². The van der Waals surface area contributed by atoms with Crippen LogP contribution in [0.1, 0.15) is 30.0 Å². The summed E-state index contributed by atoms with van der Waals surface area (Å²) in [6.45, 7) is 0. The van der Waals surface area contributed by atoms with E-state index in [9.17, 15) is 13.5 Å². The van der Waals surface area contributed by atoms with Crippen molar-refractivity contribution < 1.29 is 13.5 Å². The summed E-state index contributed by atoms with van der Waals surface area (Å²) >= 11 is 0. The monoisotopic (exact) mass is 317 g/mol. The standard InChI is InChI=1S/C17H19NO3S/c19-16-12-6-8-13-7-4-5-11-15(13)17(16)18-22(20,21)14-9-2-1-3-10-14/h1-5,7,9-11,16-19H,6,8,12H2. The molecule has 0 aliphatic heterocycles. The number of rotatable bonds is 3. The van der Waals surface area contributed by atoms with Crippen LogP contribution in [0, 0.1) is 0 Å². The molecule has 2 aromatic carbocycles. The average molecular weight is 317 g/mol. The van der Waals surface area contributed by atoms with Crippen LogP contribution < -0.4 is 4.72 Å². The molecule has 4 nitrogen and oxygen atoms in total. The molecule has 0 bridgehead atoms. The zero-order chi connectivity index (χ0) is 15.6. The van der Waals surface area contributed by atoms with Crippen LogP contribution in [-0.2, 0) is 16.4 Å². The Morgan fingerprint density at radius 3 is 2.45 bits per heavy atom. The summed E-state index contributed by atoms with van der Waals surface area (Å²) in [5.74, 6) is 0. The Kier molecular flexibility index (Phi) is 4.29. The molecule has 1 aliphatic carbocycles. The summed E-state index contributed by atoms with van der Waals surface area (Å²) in [5.41, 5.74) is 1.96. The number of sulfonamides is 1. The predicted octanol–water partition coefficient (Wildman–Crippen LogP) is 2.40. The van der Waals surface area contributed by atoms with E-state index in [1.165, 1.54) is 0 Å². The lowest BCUT2D eigenvalue weighted by Gasteiger charge is -2.23. The third-order valence-corrected chi connectivity index (χ3v) is 5.51. The number of fused-ring (bicyclic) bond motifs is 1. The topological polar surface area (TPSA) is 66.4 Å². The van der Waals surface area contributed by atoms with Gasteiger partial charge in [0.15, 0.2) is 0 Å². The van der Waals surface area contributed by atoms with Crippen molar-refractivity contribution in [3.05, 3.63) is 65.7 Å². The number of aliphatic hydroxyl groups excluding tert-OH is 1. The minimum atomic E-state index is -3.66. The Hall–Kier alpha value is -1.69. The van der Waals surface area contributed by atoms with Gasteiger partial charge >= 0.3 is 0 Å². The van der Waals surface area contributed by atoms with Crippen molar-refractivity contribution in [1.29, 1.82) is 0 Å². The predicted molar refractivity (Wildman–Crippen MR) is 84.9 cm³/mol. The van der Waals surface area contributed by atoms with Crippen molar-refractivity contribution >= 4 is 10.0 Å². The Morgan fingerprint density at radius 1 is 1.00 bits per heavy atom. The summed E-state index contributed by atoms with van der Waals surface area (Å²) in [5, 5.41) is 10.4. The fraction of sp³-hybridized carbons (Fsp3) is 0.294. The van der Waals surface area contributed by atoms with Gasteiger partial charge < -0.3 is 5.11 Å². The van der Waals surface area contributed by atoms with Gasteiger partial charge in [0.2, 0.25) is 10.0 Å². The van der Waals surface area contributed by atoms with Gasteiger partial charge in [0, 0.05) is 0 Å². The molecule has 2 N–H and O–H groups in total. The van der Waals surface area contributed by atoms with Crippen LogP contribution in [0.2, 0.25) is 0 Å². The first kappa shape index (κ1) is 15.2. The average Bonchev–Trinajstić information content (AvgIpc) is 2.68. The van der Waals surface area contributed by atoms with E-state index in [2.05, 4.69) is 4.72 Å². The van der Waals surface area contributed by atoms with Crippen molar-refractivity contribution in [2.24, 2.45) is 0 Å². The molecule has 2 atom stereocenters. The maximum absolute atomic E-state index is 12.5. The number of aryl methyl sites for hydroxylation is 1. The summed E-state index contributed by atoms with van der Waals surface area (Å²) < 4.78 is 27.8. The summed E-state index contributed by atoms with van der Waals surface area (Å²) in [6, 6.07) is 15.4. The van der Waals surface area contributed by atoms with E-state index in [1.807, 2.05) is 24.3 Å². The molecule has 0 aromatic heterocycles. The van der Waals surface area contributed by atoms with Crippen LogP contribution in [-0.4, -0.2) is 19.6 Å². The van der Waals surface area contributed by atoms with E-state index in [4.69, 9.17) is 0 Å². The minimum absolute atomic E-state index is 0.212. The van der Waals surface area contributed by atoms with Gasteiger partial charge in [-0.2, -0.15) is 0 Å². The number of aliphatic hydroxyl groups is 1. The molecule has 0 spiro atoms. The van der Waals surface area contributed by atoms with Crippen LogP contribution in [0.3, 0.4) is 0 Å². The van der Waals surface area contributed by atoms with Gasteiger partial charge in [0.25, 0.3) is 0 Å². The van der Waals surface area contributed by atoms with E-state index in [0.717, 1.165) is 24.0 Å². The second-order valence-electron chi connectivity index (χ2n) is 5.57. The number of hydrogen-bond donors (Lipinski definition) is 2. The Labute approximate surface area is 130 Å². The molecular weight excluding hydrogens is 298 g/mol. The van der Waals surface area contributed by atoms with Crippen LogP contribution in [0.15, 0.2) is 59.5 Å². The van der Waals surface area contributed by atoms with Crippen molar-refractivity contribution in [3.8, 4) is 0 Å². The van der Waals surface area contributed by atoms with Gasteiger partial charge in [-0.25, -0.2) is 13.1 Å². The molecule has 2 unspecified atom stereocenters. The van der Waals surface area contributed by atoms with Gasteiger partial charge in [0.1, 0.15) is 0 Å². The fourth-order valence-electron chi connectivity index (χ4n) is 2.92. The molecule has 0 saturated heterocycles. The van der Waals surface area contributed by atoms with Crippen LogP contribution in [0.5, 0.6) is 0 Å². The van der Waals surface area contributed by atoms with Crippen LogP contribution in [0.4, 0.5) is 0 Å². The number of hydrogen-bond acceptors (Lipinski definition) is 3. The molecule has 116 valence electrons. The highest BCUT2D eigenvalue weighted by atomic mass is 32.2. The molecule has 1 aliphatic rings. The van der Waals surface area contributed by atoms with Gasteiger partial charge in [0.05, 0.1) is 17.0 Å². The molecule has 0 saturated carbocycles. The SMILES string of the molecule is O=S(=O)(NC1c2ccccc2CCCC1O)c1ccccc1.